The third kappa shape index (κ3) is 3.34. The van der Waals surface area contributed by atoms with E-state index in [-0.39, 0.29) is 12.3 Å². The quantitative estimate of drug-likeness (QED) is 0.344. The van der Waals surface area contributed by atoms with Gasteiger partial charge in [-0.2, -0.15) is 0 Å². The topological polar surface area (TPSA) is 65.8 Å². The van der Waals surface area contributed by atoms with Gasteiger partial charge in [0.1, 0.15) is 0 Å². The number of nitrogens with zero attached hydrogens (tertiary/aromatic N) is 3. The van der Waals surface area contributed by atoms with Gasteiger partial charge in [-0.15, -0.1) is 0 Å². The van der Waals surface area contributed by atoms with Crippen LogP contribution in [0, 0.1) is 0 Å². The fourth-order valence-corrected chi connectivity index (χ4v) is 1.86. The average molecular weight is 263 g/mol. The highest BCUT2D eigenvalue weighted by atomic mass is 16.1. The molecule has 0 saturated carbocycles. The molecule has 2 rings (SSSR count). The fraction of sp³-hybridized carbons (Fsp3) is 0.0625. The lowest BCUT2D eigenvalue weighted by Gasteiger charge is -2.05. The van der Waals surface area contributed by atoms with Gasteiger partial charge in [0.2, 0.25) is 0 Å². The van der Waals surface area contributed by atoms with E-state index in [2.05, 4.69) is 10.0 Å². The van der Waals surface area contributed by atoms with Gasteiger partial charge in [-0.05, 0) is 11.1 Å². The number of hydrogen-bond donors (Lipinski definition) is 0. The zero-order valence-electron chi connectivity index (χ0n) is 10.8. The number of rotatable bonds is 5. The van der Waals surface area contributed by atoms with Crippen LogP contribution in [0.25, 0.3) is 16.5 Å². The summed E-state index contributed by atoms with van der Waals surface area (Å²) in [6.45, 7) is 0.268. The SMILES string of the molecule is [N-]=[N+]=NCC=Cc1ccccc1C(=O)c1ccccc1. The van der Waals surface area contributed by atoms with Crippen molar-refractivity contribution in [2.24, 2.45) is 5.11 Å². The molecule has 0 bridgehead atoms. The smallest absolute Gasteiger partial charge is 0.193 e. The third-order valence-electron chi connectivity index (χ3n) is 2.79. The first-order chi connectivity index (χ1) is 9.83. The van der Waals surface area contributed by atoms with E-state index in [0.717, 1.165) is 5.56 Å². The summed E-state index contributed by atoms with van der Waals surface area (Å²) in [7, 11) is 0. The van der Waals surface area contributed by atoms with E-state index in [9.17, 15) is 4.79 Å². The molecule has 0 N–H and O–H groups in total. The van der Waals surface area contributed by atoms with Crippen molar-refractivity contribution in [3.05, 3.63) is 87.8 Å². The Kier molecular flexibility index (Phi) is 4.70. The van der Waals surface area contributed by atoms with Crippen LogP contribution in [0.2, 0.25) is 0 Å². The van der Waals surface area contributed by atoms with Crippen LogP contribution in [-0.2, 0) is 0 Å². The highest BCUT2D eigenvalue weighted by Gasteiger charge is 2.10. The maximum absolute atomic E-state index is 12.4. The molecule has 0 atom stereocenters. The Morgan fingerprint density at radius 3 is 2.55 bits per heavy atom. The van der Waals surface area contributed by atoms with E-state index >= 15 is 0 Å². The van der Waals surface area contributed by atoms with Gasteiger partial charge in [-0.1, -0.05) is 71.9 Å². The maximum atomic E-state index is 12.4. The van der Waals surface area contributed by atoms with Crippen LogP contribution in [0.3, 0.4) is 0 Å². The van der Waals surface area contributed by atoms with Gasteiger partial charge in [0.15, 0.2) is 5.78 Å². The lowest BCUT2D eigenvalue weighted by molar-refractivity contribution is 0.103. The van der Waals surface area contributed by atoms with E-state index in [1.54, 1.807) is 30.4 Å². The average Bonchev–Trinajstić information content (AvgIpc) is 2.52. The molecule has 0 aromatic heterocycles. The molecule has 0 aliphatic rings. The molecule has 0 heterocycles. The molecule has 0 amide bonds. The third-order valence-corrected chi connectivity index (χ3v) is 2.79. The van der Waals surface area contributed by atoms with Crippen molar-refractivity contribution in [2.75, 3.05) is 6.54 Å². The normalized spacial score (nSPS) is 10.2. The minimum absolute atomic E-state index is 0.0189. The lowest BCUT2D eigenvalue weighted by atomic mass is 9.98. The van der Waals surface area contributed by atoms with Crippen LogP contribution in [0.5, 0.6) is 0 Å². The minimum Gasteiger partial charge on any atom is -0.289 e. The second-order valence-corrected chi connectivity index (χ2v) is 4.10. The van der Waals surface area contributed by atoms with Crippen LogP contribution in [0.15, 0.2) is 65.8 Å². The van der Waals surface area contributed by atoms with Gasteiger partial charge < -0.3 is 0 Å². The Balaban J connectivity index is 2.30. The zero-order valence-corrected chi connectivity index (χ0v) is 10.8. The first-order valence-corrected chi connectivity index (χ1v) is 6.19. The number of benzene rings is 2. The molecule has 4 nitrogen and oxygen atoms in total. The van der Waals surface area contributed by atoms with Gasteiger partial charge in [-0.3, -0.25) is 4.79 Å². The van der Waals surface area contributed by atoms with Crippen molar-refractivity contribution in [2.45, 2.75) is 0 Å². The fourth-order valence-electron chi connectivity index (χ4n) is 1.86. The number of hydrogen-bond acceptors (Lipinski definition) is 2. The van der Waals surface area contributed by atoms with Gasteiger partial charge in [0, 0.05) is 22.6 Å². The molecule has 0 spiro atoms. The van der Waals surface area contributed by atoms with Crippen LogP contribution in [0.1, 0.15) is 21.5 Å². The summed E-state index contributed by atoms with van der Waals surface area (Å²) < 4.78 is 0. The lowest BCUT2D eigenvalue weighted by Crippen LogP contribution is -2.03. The first kappa shape index (κ1) is 13.6. The number of carbonyl (C=O) groups is 1. The van der Waals surface area contributed by atoms with E-state index in [1.807, 2.05) is 36.4 Å². The Hall–Kier alpha value is -2.84. The molecule has 0 aliphatic carbocycles. The zero-order chi connectivity index (χ0) is 14.2. The van der Waals surface area contributed by atoms with Crippen LogP contribution >= 0.6 is 0 Å². The summed E-state index contributed by atoms with van der Waals surface area (Å²) in [6.07, 6.45) is 3.53. The molecule has 2 aromatic carbocycles. The summed E-state index contributed by atoms with van der Waals surface area (Å²) in [6, 6.07) is 16.5. The van der Waals surface area contributed by atoms with Crippen LogP contribution in [0.4, 0.5) is 0 Å². The molecule has 0 fully saturated rings. The molecule has 0 unspecified atom stereocenters. The van der Waals surface area contributed by atoms with Gasteiger partial charge in [0.05, 0.1) is 0 Å². The molecule has 0 saturated heterocycles. The molecule has 0 radical (unpaired) electrons. The van der Waals surface area contributed by atoms with E-state index in [4.69, 9.17) is 5.53 Å². The Morgan fingerprint density at radius 2 is 1.80 bits per heavy atom. The van der Waals surface area contributed by atoms with E-state index < -0.39 is 0 Å². The van der Waals surface area contributed by atoms with Gasteiger partial charge in [0.25, 0.3) is 0 Å². The second-order valence-electron chi connectivity index (χ2n) is 4.10. The van der Waals surface area contributed by atoms with E-state index in [0.29, 0.717) is 11.1 Å². The predicted molar refractivity (Wildman–Crippen MR) is 79.4 cm³/mol. The summed E-state index contributed by atoms with van der Waals surface area (Å²) in [5.41, 5.74) is 10.3. The summed E-state index contributed by atoms with van der Waals surface area (Å²) in [4.78, 5) is 15.1. The van der Waals surface area contributed by atoms with Crippen molar-refractivity contribution >= 4 is 11.9 Å². The Bertz CT molecular complexity index is 671. The highest BCUT2D eigenvalue weighted by molar-refractivity contribution is 6.11. The summed E-state index contributed by atoms with van der Waals surface area (Å²) in [5.74, 6) is -0.0189. The monoisotopic (exact) mass is 263 g/mol. The van der Waals surface area contributed by atoms with Gasteiger partial charge in [-0.25, -0.2) is 0 Å². The van der Waals surface area contributed by atoms with E-state index in [1.165, 1.54) is 0 Å². The number of ketones is 1. The van der Waals surface area contributed by atoms with Crippen LogP contribution in [-0.4, -0.2) is 12.3 Å². The van der Waals surface area contributed by atoms with Crippen molar-refractivity contribution in [3.63, 3.8) is 0 Å². The Labute approximate surface area is 117 Å². The molecular formula is C16H13N3O. The predicted octanol–water partition coefficient (Wildman–Crippen LogP) is 4.24. The van der Waals surface area contributed by atoms with Crippen molar-refractivity contribution in [1.82, 2.24) is 0 Å². The first-order valence-electron chi connectivity index (χ1n) is 6.19. The highest BCUT2D eigenvalue weighted by Crippen LogP contribution is 2.16. The molecule has 98 valence electrons. The van der Waals surface area contributed by atoms with Gasteiger partial charge >= 0.3 is 0 Å². The summed E-state index contributed by atoms with van der Waals surface area (Å²) >= 11 is 0. The van der Waals surface area contributed by atoms with Crippen molar-refractivity contribution in [1.29, 1.82) is 0 Å². The maximum Gasteiger partial charge on any atom is 0.193 e. The molecular weight excluding hydrogens is 250 g/mol. The number of carbonyl (C=O) groups excluding carboxylic acids is 1. The molecule has 20 heavy (non-hydrogen) atoms. The number of azide groups is 1. The molecule has 0 aliphatic heterocycles. The van der Waals surface area contributed by atoms with Crippen molar-refractivity contribution in [3.8, 4) is 0 Å². The second kappa shape index (κ2) is 6.92. The Morgan fingerprint density at radius 1 is 1.10 bits per heavy atom. The molecule has 2 aromatic rings. The summed E-state index contributed by atoms with van der Waals surface area (Å²) in [5, 5.41) is 3.43. The largest absolute Gasteiger partial charge is 0.289 e. The van der Waals surface area contributed by atoms with Crippen LogP contribution < -0.4 is 0 Å². The standard InChI is InChI=1S/C16H13N3O/c17-19-18-12-6-10-13-7-4-5-11-15(13)16(20)14-8-2-1-3-9-14/h1-11H,12H2. The van der Waals surface area contributed by atoms with Crippen molar-refractivity contribution < 1.29 is 4.79 Å². The minimum atomic E-state index is -0.0189. The molecule has 4 heteroatoms.